The van der Waals surface area contributed by atoms with Crippen molar-refractivity contribution in [1.29, 1.82) is 0 Å². The molecule has 3 heteroatoms. The maximum Gasteiger partial charge on any atom is 0.0719 e. The molecule has 2 nitrogen and oxygen atoms in total. The van der Waals surface area contributed by atoms with Crippen LogP contribution in [0.15, 0.2) is 72.9 Å². The van der Waals surface area contributed by atoms with Crippen LogP contribution in [0.4, 0.5) is 0 Å². The minimum Gasteiger partial charge on any atom is -0.343 e. The average molecular weight is 676 g/mol. The Balaban J connectivity index is 0.00000289. The molecule has 0 bridgehead atoms. The van der Waals surface area contributed by atoms with Gasteiger partial charge in [-0.15, -0.1) is 11.6 Å². The molecule has 0 unspecified atom stereocenters. The predicted octanol–water partition coefficient (Wildman–Crippen LogP) is 8.35. The molecule has 6 aromatic rings. The van der Waals surface area contributed by atoms with Crippen LogP contribution in [0.1, 0.15) is 59.6 Å². The van der Waals surface area contributed by atoms with Gasteiger partial charge in [0.05, 0.1) is 28.6 Å². The van der Waals surface area contributed by atoms with Crippen LogP contribution in [0.2, 0.25) is 0 Å². The van der Waals surface area contributed by atoms with Crippen LogP contribution in [0.25, 0.3) is 49.7 Å². The second kappa shape index (κ2) is 8.12. The first-order chi connectivity index (χ1) is 18.4. The second-order valence-electron chi connectivity index (χ2n) is 12.1. The predicted molar refractivity (Wildman–Crippen MR) is 155 cm³/mol. The largest absolute Gasteiger partial charge is 0.343 e. The topological polar surface area (TPSA) is 8.29 Å². The van der Waals surface area contributed by atoms with Crippen LogP contribution in [0.3, 0.4) is 0 Å². The number of aromatic nitrogens is 2. The van der Waals surface area contributed by atoms with E-state index in [2.05, 4.69) is 86.8 Å². The molecule has 0 amide bonds. The number of nitrogens with zero attached hydrogens (tertiary/aromatic N) is 2. The van der Waals surface area contributed by atoms with E-state index in [1.54, 1.807) is 0 Å². The Morgan fingerprint density at radius 2 is 1.61 bits per heavy atom. The maximum absolute atomic E-state index is 8.78. The average Bonchev–Trinajstić information content (AvgIpc) is 3.48. The first kappa shape index (κ1) is 22.7. The van der Waals surface area contributed by atoms with E-state index in [1.165, 1.54) is 49.6 Å². The quantitative estimate of drug-likeness (QED) is 0.129. The summed E-state index contributed by atoms with van der Waals surface area (Å²) in [5, 5.41) is 3.87. The molecular weight excluding hydrogens is 641 g/mol. The number of hydrogen-bond donors (Lipinski definition) is 0. The van der Waals surface area contributed by atoms with Gasteiger partial charge in [-0.25, -0.2) is 0 Å². The molecule has 1 aliphatic carbocycles. The van der Waals surface area contributed by atoms with Crippen molar-refractivity contribution in [3.63, 3.8) is 0 Å². The normalized spacial score (nSPS) is 15.4. The molecule has 0 spiro atoms. The van der Waals surface area contributed by atoms with E-state index in [9.17, 15) is 0 Å². The van der Waals surface area contributed by atoms with E-state index in [0.717, 1.165) is 16.8 Å². The molecule has 7 rings (SSSR count). The molecule has 0 fully saturated rings. The van der Waals surface area contributed by atoms with E-state index >= 15 is 0 Å². The van der Waals surface area contributed by atoms with Crippen LogP contribution >= 0.6 is 0 Å². The summed E-state index contributed by atoms with van der Waals surface area (Å²) in [5.74, 6) is 0. The van der Waals surface area contributed by atoms with Crippen molar-refractivity contribution >= 4 is 27.2 Å². The first-order valence-corrected chi connectivity index (χ1v) is 13.0. The van der Waals surface area contributed by atoms with Crippen LogP contribution in [0.5, 0.6) is 0 Å². The molecule has 38 heavy (non-hydrogen) atoms. The number of para-hydroxylation sites is 2. The zero-order valence-corrected chi connectivity index (χ0v) is 25.0. The van der Waals surface area contributed by atoms with E-state index in [1.807, 2.05) is 43.7 Å². The number of benzene rings is 3. The Bertz CT molecular complexity index is 1970. The van der Waals surface area contributed by atoms with Crippen molar-refractivity contribution in [2.75, 3.05) is 0 Å². The molecule has 193 valence electrons. The smallest absolute Gasteiger partial charge is 0.0719 e. The van der Waals surface area contributed by atoms with Crippen molar-refractivity contribution < 1.29 is 27.4 Å². The number of fused-ring (bicyclic) bond motifs is 8. The summed E-state index contributed by atoms with van der Waals surface area (Å²) >= 11 is 0. The first-order valence-electron chi connectivity index (χ1n) is 14.0. The van der Waals surface area contributed by atoms with Crippen molar-refractivity contribution in [3.05, 3.63) is 109 Å². The van der Waals surface area contributed by atoms with Gasteiger partial charge < -0.3 is 8.97 Å². The third-order valence-corrected chi connectivity index (χ3v) is 8.02. The van der Waals surface area contributed by atoms with E-state index in [-0.39, 0.29) is 25.5 Å². The zero-order chi connectivity index (χ0) is 27.6. The second-order valence-corrected chi connectivity index (χ2v) is 12.1. The Hall–Kier alpha value is -3.26. The summed E-state index contributed by atoms with van der Waals surface area (Å²) < 4.78 is 21.9. The molecule has 0 atom stereocenters. The van der Waals surface area contributed by atoms with Crippen LogP contribution in [-0.2, 0) is 31.9 Å². The van der Waals surface area contributed by atoms with Gasteiger partial charge in [0, 0.05) is 51.5 Å². The fourth-order valence-electron chi connectivity index (χ4n) is 6.77. The molecule has 3 heterocycles. The van der Waals surface area contributed by atoms with Gasteiger partial charge >= 0.3 is 0 Å². The van der Waals surface area contributed by atoms with E-state index in [0.29, 0.717) is 5.56 Å². The monoisotopic (exact) mass is 676 g/mol. The molecular formula is C35H33IrN2-. The summed E-state index contributed by atoms with van der Waals surface area (Å²) in [6.07, 6.45) is 0.351. The molecule has 3 aromatic carbocycles. The van der Waals surface area contributed by atoms with Crippen molar-refractivity contribution in [3.8, 4) is 22.5 Å². The van der Waals surface area contributed by atoms with Crippen molar-refractivity contribution in [2.45, 2.75) is 46.4 Å². The zero-order valence-electron chi connectivity index (χ0n) is 24.6. The van der Waals surface area contributed by atoms with E-state index in [4.69, 9.17) is 2.74 Å². The number of rotatable bonds is 2. The molecule has 0 N–H and O–H groups in total. The van der Waals surface area contributed by atoms with Gasteiger partial charge in [0.1, 0.15) is 0 Å². The Morgan fingerprint density at radius 3 is 2.34 bits per heavy atom. The SMILES string of the molecule is [2H]C([2H])(c1ccc(-c2c([CH2-])ccc3c2C(C)(C)c2c-3n3c4ccccc4c4cccc2c43)[n+]([CH2-])c1)C(C)(C)C.[Ir]. The summed E-state index contributed by atoms with van der Waals surface area (Å²) in [6, 6.07) is 23.7. The van der Waals surface area contributed by atoms with Gasteiger partial charge in [-0.2, -0.15) is 18.6 Å². The number of pyridine rings is 1. The van der Waals surface area contributed by atoms with Crippen molar-refractivity contribution in [1.82, 2.24) is 4.40 Å². The Labute approximate surface area is 241 Å². The Kier molecular flexibility index (Phi) is 4.85. The van der Waals surface area contributed by atoms with Gasteiger partial charge in [-0.05, 0) is 34.5 Å². The van der Waals surface area contributed by atoms with Gasteiger partial charge in [-0.3, -0.25) is 0 Å². The minimum absolute atomic E-state index is 0. The Morgan fingerprint density at radius 1 is 0.895 bits per heavy atom. The third-order valence-electron chi connectivity index (χ3n) is 8.02. The van der Waals surface area contributed by atoms with Gasteiger partial charge in [-0.1, -0.05) is 88.7 Å². The molecule has 1 aliphatic rings. The molecule has 0 aliphatic heterocycles. The molecule has 1 radical (unpaired) electrons. The van der Waals surface area contributed by atoms with Crippen LogP contribution in [0, 0.1) is 19.4 Å². The van der Waals surface area contributed by atoms with Gasteiger partial charge in [0.15, 0.2) is 0 Å². The van der Waals surface area contributed by atoms with Crippen molar-refractivity contribution in [2.24, 2.45) is 5.41 Å². The fraction of sp³-hybridized carbons (Fsp3) is 0.229. The number of hydrogen-bond acceptors (Lipinski definition) is 0. The maximum atomic E-state index is 8.78. The third kappa shape index (κ3) is 3.25. The standard InChI is InChI=1S/C35H33N2.Ir/c1-21-15-17-26-30(29(21)28-18-16-22(20-36(28)7)19-34(2,3)4)35(5,6)31-25-13-10-12-24-23-11-8-9-14-27(23)37(32(24)25)33(26)31;/h8-18,20H,1,7,19H2,2-6H3;/q-1;/i19D2;. The van der Waals surface area contributed by atoms with Gasteiger partial charge in [0.2, 0.25) is 0 Å². The van der Waals surface area contributed by atoms with Crippen LogP contribution in [-0.4, -0.2) is 4.40 Å². The van der Waals surface area contributed by atoms with Crippen LogP contribution < -0.4 is 4.57 Å². The minimum atomic E-state index is -1.50. The summed E-state index contributed by atoms with van der Waals surface area (Å²) in [4.78, 5) is 0. The van der Waals surface area contributed by atoms with Gasteiger partial charge in [0.25, 0.3) is 0 Å². The summed E-state index contributed by atoms with van der Waals surface area (Å²) in [6.45, 7) is 14.9. The molecule has 0 saturated carbocycles. The fourth-order valence-corrected chi connectivity index (χ4v) is 6.77. The summed E-state index contributed by atoms with van der Waals surface area (Å²) in [7, 11) is 4.34. The molecule has 3 aromatic heterocycles. The molecule has 0 saturated heterocycles. The van der Waals surface area contributed by atoms with E-state index < -0.39 is 11.8 Å². The summed E-state index contributed by atoms with van der Waals surface area (Å²) in [5.41, 5.74) is 10.4.